The highest BCUT2D eigenvalue weighted by Gasteiger charge is 2.24. The van der Waals surface area contributed by atoms with Gasteiger partial charge in [0.1, 0.15) is 0 Å². The topological polar surface area (TPSA) is 0 Å². The number of benzene rings is 2. The van der Waals surface area contributed by atoms with Crippen LogP contribution in [-0.4, -0.2) is 7.28 Å². The second-order valence-electron chi connectivity index (χ2n) is 4.30. The molecule has 2 aromatic rings. The van der Waals surface area contributed by atoms with E-state index in [-0.39, 0.29) is 0 Å². The molecule has 0 saturated heterocycles. The average Bonchev–Trinajstić information content (AvgIpc) is 2.51. The van der Waals surface area contributed by atoms with Crippen molar-refractivity contribution in [2.45, 2.75) is 0 Å². The standard InChI is InChI=1S/C16H10BF4/c1-3-9-5-7-10(8-6-9)17-12-15(20)13(18)11(4-2)14(19)16(12)21/h3-8H,1-2H2. The fourth-order valence-electron chi connectivity index (χ4n) is 1.87. The second-order valence-corrected chi connectivity index (χ2v) is 4.30. The molecule has 2 rings (SSSR count). The van der Waals surface area contributed by atoms with E-state index in [1.165, 1.54) is 0 Å². The van der Waals surface area contributed by atoms with Gasteiger partial charge in [-0.05, 0) is 11.0 Å². The van der Waals surface area contributed by atoms with Crippen LogP contribution in [0.4, 0.5) is 17.6 Å². The fourth-order valence-corrected chi connectivity index (χ4v) is 1.87. The second kappa shape index (κ2) is 6.00. The quantitative estimate of drug-likeness (QED) is 0.461. The number of hydrogen-bond acceptors (Lipinski definition) is 0. The van der Waals surface area contributed by atoms with Crippen molar-refractivity contribution in [2.24, 2.45) is 0 Å². The lowest BCUT2D eigenvalue weighted by molar-refractivity contribution is 0.460. The van der Waals surface area contributed by atoms with Crippen LogP contribution in [0, 0.1) is 23.3 Å². The molecule has 0 aliphatic heterocycles. The molecule has 0 unspecified atom stereocenters. The van der Waals surface area contributed by atoms with E-state index in [0.717, 1.165) is 18.9 Å². The minimum Gasteiger partial charge on any atom is -0.204 e. The smallest absolute Gasteiger partial charge is 0.199 e. The summed E-state index contributed by atoms with van der Waals surface area (Å²) in [6.45, 7) is 6.71. The Hall–Kier alpha value is -2.30. The van der Waals surface area contributed by atoms with Gasteiger partial charge in [-0.2, -0.15) is 0 Å². The Balaban J connectivity index is 2.48. The number of halogens is 4. The van der Waals surface area contributed by atoms with Crippen LogP contribution in [0.3, 0.4) is 0 Å². The summed E-state index contributed by atoms with van der Waals surface area (Å²) in [5, 5.41) is 0. The molecular weight excluding hydrogens is 279 g/mol. The highest BCUT2D eigenvalue weighted by Crippen LogP contribution is 2.18. The van der Waals surface area contributed by atoms with Gasteiger partial charge in [-0.1, -0.05) is 55.0 Å². The van der Waals surface area contributed by atoms with Gasteiger partial charge in [-0.25, -0.2) is 17.6 Å². The van der Waals surface area contributed by atoms with Gasteiger partial charge in [0, 0.05) is 0 Å². The lowest BCUT2D eigenvalue weighted by atomic mass is 9.63. The molecule has 0 nitrogen and oxygen atoms in total. The Morgan fingerprint density at radius 3 is 1.71 bits per heavy atom. The summed E-state index contributed by atoms with van der Waals surface area (Å²) < 4.78 is 55.0. The molecule has 0 amide bonds. The lowest BCUT2D eigenvalue weighted by Crippen LogP contribution is -2.34. The van der Waals surface area contributed by atoms with E-state index in [0.29, 0.717) is 5.46 Å². The molecule has 0 saturated carbocycles. The van der Waals surface area contributed by atoms with Crippen LogP contribution in [-0.2, 0) is 0 Å². The summed E-state index contributed by atoms with van der Waals surface area (Å²) in [7, 11) is 1.04. The first-order valence-corrected chi connectivity index (χ1v) is 6.05. The summed E-state index contributed by atoms with van der Waals surface area (Å²) >= 11 is 0. The van der Waals surface area contributed by atoms with Crippen molar-refractivity contribution in [3.05, 3.63) is 71.8 Å². The largest absolute Gasteiger partial charge is 0.204 e. The highest BCUT2D eigenvalue weighted by molar-refractivity contribution is 6.67. The SMILES string of the molecule is C=Cc1ccc([B]c2c(F)c(F)c(C=C)c(F)c2F)cc1. The molecule has 0 aliphatic carbocycles. The summed E-state index contributed by atoms with van der Waals surface area (Å²) in [5.74, 6) is -5.82. The van der Waals surface area contributed by atoms with Gasteiger partial charge in [-0.3, -0.25) is 0 Å². The Morgan fingerprint density at radius 2 is 1.29 bits per heavy atom. The van der Waals surface area contributed by atoms with Crippen LogP contribution < -0.4 is 10.9 Å². The minimum atomic E-state index is -1.46. The zero-order valence-electron chi connectivity index (χ0n) is 11.0. The van der Waals surface area contributed by atoms with Crippen molar-refractivity contribution < 1.29 is 17.6 Å². The summed E-state index contributed by atoms with van der Waals surface area (Å²) in [5.41, 5.74) is -0.359. The van der Waals surface area contributed by atoms with Gasteiger partial charge in [-0.15, -0.1) is 0 Å². The monoisotopic (exact) mass is 289 g/mol. The van der Waals surface area contributed by atoms with Crippen molar-refractivity contribution >= 4 is 30.4 Å². The molecule has 0 N–H and O–H groups in total. The minimum absolute atomic E-state index is 0.406. The maximum absolute atomic E-state index is 13.8. The first-order chi connectivity index (χ1) is 9.99. The predicted octanol–water partition coefficient (Wildman–Crippen LogP) is 3.18. The first kappa shape index (κ1) is 15.1. The molecule has 21 heavy (non-hydrogen) atoms. The molecule has 0 bridgehead atoms. The van der Waals surface area contributed by atoms with Gasteiger partial charge in [0.15, 0.2) is 30.5 Å². The zero-order valence-corrected chi connectivity index (χ0v) is 11.0. The molecule has 0 aromatic heterocycles. The lowest BCUT2D eigenvalue weighted by Gasteiger charge is -2.09. The third-order valence-corrected chi connectivity index (χ3v) is 3.02. The van der Waals surface area contributed by atoms with Crippen LogP contribution in [0.25, 0.3) is 12.2 Å². The van der Waals surface area contributed by atoms with Crippen LogP contribution in [0.15, 0.2) is 37.4 Å². The molecule has 0 fully saturated rings. The van der Waals surface area contributed by atoms with Crippen molar-refractivity contribution in [3.63, 3.8) is 0 Å². The maximum Gasteiger partial charge on any atom is 0.199 e. The van der Waals surface area contributed by atoms with Crippen molar-refractivity contribution in [1.29, 1.82) is 0 Å². The van der Waals surface area contributed by atoms with Crippen LogP contribution in [0.1, 0.15) is 11.1 Å². The van der Waals surface area contributed by atoms with Crippen molar-refractivity contribution in [3.8, 4) is 0 Å². The normalized spacial score (nSPS) is 10.3. The average molecular weight is 289 g/mol. The molecular formula is C16H10BF4. The van der Waals surface area contributed by atoms with Gasteiger partial charge >= 0.3 is 0 Å². The Labute approximate surface area is 120 Å². The molecule has 105 valence electrons. The molecule has 0 aliphatic rings. The predicted molar refractivity (Wildman–Crippen MR) is 77.9 cm³/mol. The van der Waals surface area contributed by atoms with Crippen LogP contribution in [0.5, 0.6) is 0 Å². The van der Waals surface area contributed by atoms with Gasteiger partial charge in [0.25, 0.3) is 0 Å². The molecule has 0 heterocycles. The fraction of sp³-hybridized carbons (Fsp3) is 0. The molecule has 0 atom stereocenters. The highest BCUT2D eigenvalue weighted by atomic mass is 19.2. The number of hydrogen-bond donors (Lipinski definition) is 0. The number of rotatable bonds is 4. The van der Waals surface area contributed by atoms with Gasteiger partial charge in [0.05, 0.1) is 5.56 Å². The molecule has 5 heteroatoms. The van der Waals surface area contributed by atoms with Crippen LogP contribution >= 0.6 is 0 Å². The van der Waals surface area contributed by atoms with E-state index in [4.69, 9.17) is 0 Å². The van der Waals surface area contributed by atoms with E-state index in [1.807, 2.05) is 0 Å². The first-order valence-electron chi connectivity index (χ1n) is 6.05. The van der Waals surface area contributed by atoms with Gasteiger partial charge in [0.2, 0.25) is 0 Å². The summed E-state index contributed by atoms with van der Waals surface area (Å²) in [4.78, 5) is 0. The summed E-state index contributed by atoms with van der Waals surface area (Å²) in [6.07, 6.45) is 2.34. The zero-order chi connectivity index (χ0) is 15.6. The third kappa shape index (κ3) is 2.77. The summed E-state index contributed by atoms with van der Waals surface area (Å²) in [6, 6.07) is 6.46. The Bertz CT molecular complexity index is 676. The Morgan fingerprint density at radius 1 is 0.762 bits per heavy atom. The molecule has 1 radical (unpaired) electrons. The molecule has 0 spiro atoms. The van der Waals surface area contributed by atoms with Crippen molar-refractivity contribution in [2.75, 3.05) is 0 Å². The van der Waals surface area contributed by atoms with Crippen LogP contribution in [0.2, 0.25) is 0 Å². The molecule has 2 aromatic carbocycles. The van der Waals surface area contributed by atoms with E-state index in [2.05, 4.69) is 13.2 Å². The Kier molecular flexibility index (Phi) is 4.31. The van der Waals surface area contributed by atoms with Crippen molar-refractivity contribution in [1.82, 2.24) is 0 Å². The third-order valence-electron chi connectivity index (χ3n) is 3.02. The van der Waals surface area contributed by atoms with E-state index in [1.54, 1.807) is 30.3 Å². The van der Waals surface area contributed by atoms with E-state index in [9.17, 15) is 17.6 Å². The van der Waals surface area contributed by atoms with E-state index < -0.39 is 34.3 Å². The van der Waals surface area contributed by atoms with Gasteiger partial charge < -0.3 is 0 Å². The maximum atomic E-state index is 13.8. The van der Waals surface area contributed by atoms with E-state index >= 15 is 0 Å².